The maximum atomic E-state index is 8.76. The van der Waals surface area contributed by atoms with E-state index in [1.54, 1.807) is 6.07 Å². The second kappa shape index (κ2) is 4.97. The number of nitriles is 1. The third-order valence-electron chi connectivity index (χ3n) is 2.94. The van der Waals surface area contributed by atoms with Gasteiger partial charge in [-0.05, 0) is 23.8 Å². The zero-order valence-electron chi connectivity index (χ0n) is 10.6. The van der Waals surface area contributed by atoms with Crippen LogP contribution in [0.1, 0.15) is 11.1 Å². The van der Waals surface area contributed by atoms with Gasteiger partial charge in [0.05, 0.1) is 11.3 Å². The molecule has 0 fully saturated rings. The van der Waals surface area contributed by atoms with Crippen molar-refractivity contribution in [3.63, 3.8) is 0 Å². The van der Waals surface area contributed by atoms with E-state index in [0.29, 0.717) is 23.6 Å². The van der Waals surface area contributed by atoms with Crippen molar-refractivity contribution in [2.24, 2.45) is 0 Å². The van der Waals surface area contributed by atoms with Crippen LogP contribution in [0.4, 0.5) is 11.5 Å². The lowest BCUT2D eigenvalue weighted by Crippen LogP contribution is -2.04. The van der Waals surface area contributed by atoms with Gasteiger partial charge < -0.3 is 20.5 Å². The van der Waals surface area contributed by atoms with Crippen LogP contribution in [0, 0.1) is 11.3 Å². The second-order valence-corrected chi connectivity index (χ2v) is 4.31. The highest BCUT2D eigenvalue weighted by atomic mass is 16.7. The number of anilines is 2. The molecule has 3 N–H and O–H groups in total. The Labute approximate surface area is 115 Å². The predicted octanol–water partition coefficient (Wildman–Crippen LogP) is 1.88. The minimum absolute atomic E-state index is 0.260. The second-order valence-electron chi connectivity index (χ2n) is 4.31. The number of aromatic nitrogens is 1. The Morgan fingerprint density at radius 3 is 2.95 bits per heavy atom. The summed E-state index contributed by atoms with van der Waals surface area (Å²) in [5.41, 5.74) is 7.75. The average Bonchev–Trinajstić information content (AvgIpc) is 2.93. The zero-order valence-corrected chi connectivity index (χ0v) is 10.6. The normalized spacial score (nSPS) is 11.9. The van der Waals surface area contributed by atoms with E-state index in [1.165, 1.54) is 6.20 Å². The number of ether oxygens (including phenoxy) is 2. The van der Waals surface area contributed by atoms with Crippen LogP contribution >= 0.6 is 0 Å². The molecular formula is C14H12N4O2. The Hall–Kier alpha value is -2.94. The molecule has 6 nitrogen and oxygen atoms in total. The van der Waals surface area contributed by atoms with Gasteiger partial charge in [-0.1, -0.05) is 6.07 Å². The van der Waals surface area contributed by atoms with Gasteiger partial charge in [-0.15, -0.1) is 0 Å². The molecule has 100 valence electrons. The fraction of sp³-hybridized carbons (Fsp3) is 0.143. The van der Waals surface area contributed by atoms with Crippen LogP contribution in [0.3, 0.4) is 0 Å². The summed E-state index contributed by atoms with van der Waals surface area (Å²) in [6, 6.07) is 9.32. The summed E-state index contributed by atoms with van der Waals surface area (Å²) in [6.45, 7) is 0.816. The molecule has 1 aliphatic rings. The molecule has 0 bridgehead atoms. The molecule has 6 heteroatoms. The third kappa shape index (κ3) is 2.29. The molecule has 20 heavy (non-hydrogen) atoms. The Kier molecular flexibility index (Phi) is 3.01. The number of nitrogens with two attached hydrogens (primary N) is 1. The number of hydrogen-bond donors (Lipinski definition) is 2. The summed E-state index contributed by atoms with van der Waals surface area (Å²) < 4.78 is 10.6. The van der Waals surface area contributed by atoms with E-state index >= 15 is 0 Å². The fourth-order valence-corrected chi connectivity index (χ4v) is 1.93. The molecular weight excluding hydrogens is 256 g/mol. The van der Waals surface area contributed by atoms with E-state index in [4.69, 9.17) is 20.5 Å². The predicted molar refractivity (Wildman–Crippen MR) is 73.3 cm³/mol. The fourth-order valence-electron chi connectivity index (χ4n) is 1.93. The number of hydrogen-bond acceptors (Lipinski definition) is 6. The van der Waals surface area contributed by atoms with Crippen LogP contribution in [0.15, 0.2) is 30.5 Å². The van der Waals surface area contributed by atoms with Gasteiger partial charge in [0.2, 0.25) is 6.79 Å². The van der Waals surface area contributed by atoms with Crippen molar-refractivity contribution < 1.29 is 9.47 Å². The lowest BCUT2D eigenvalue weighted by Gasteiger charge is -2.08. The minimum atomic E-state index is 0.260. The van der Waals surface area contributed by atoms with Crippen LogP contribution in [-0.2, 0) is 6.54 Å². The molecule has 0 atom stereocenters. The first-order chi connectivity index (χ1) is 9.76. The zero-order chi connectivity index (χ0) is 13.9. The van der Waals surface area contributed by atoms with Gasteiger partial charge >= 0.3 is 0 Å². The van der Waals surface area contributed by atoms with Crippen molar-refractivity contribution >= 4 is 11.5 Å². The molecule has 1 aliphatic heterocycles. The number of fused-ring (bicyclic) bond motifs is 1. The van der Waals surface area contributed by atoms with Crippen molar-refractivity contribution in [1.29, 1.82) is 5.26 Å². The molecule has 0 spiro atoms. The quantitative estimate of drug-likeness (QED) is 0.882. The summed E-state index contributed by atoms with van der Waals surface area (Å²) in [5.74, 6) is 2.05. The minimum Gasteiger partial charge on any atom is -0.454 e. The van der Waals surface area contributed by atoms with Gasteiger partial charge in [0.1, 0.15) is 11.9 Å². The van der Waals surface area contributed by atoms with E-state index in [0.717, 1.165) is 17.1 Å². The summed E-state index contributed by atoms with van der Waals surface area (Å²) >= 11 is 0. The molecule has 0 saturated heterocycles. The van der Waals surface area contributed by atoms with Crippen LogP contribution < -0.4 is 20.5 Å². The monoisotopic (exact) mass is 268 g/mol. The summed E-state index contributed by atoms with van der Waals surface area (Å²) in [4.78, 5) is 4.12. The lowest BCUT2D eigenvalue weighted by molar-refractivity contribution is 0.174. The highest BCUT2D eigenvalue weighted by Crippen LogP contribution is 2.32. The van der Waals surface area contributed by atoms with Crippen molar-refractivity contribution in [2.45, 2.75) is 6.54 Å². The number of benzene rings is 1. The molecule has 1 aromatic carbocycles. The lowest BCUT2D eigenvalue weighted by atomic mass is 10.2. The average molecular weight is 268 g/mol. The van der Waals surface area contributed by atoms with Crippen molar-refractivity contribution in [3.05, 3.63) is 41.6 Å². The molecule has 1 aromatic heterocycles. The van der Waals surface area contributed by atoms with E-state index < -0.39 is 0 Å². The van der Waals surface area contributed by atoms with Gasteiger partial charge in [-0.3, -0.25) is 0 Å². The summed E-state index contributed by atoms with van der Waals surface area (Å²) in [7, 11) is 0. The standard InChI is InChI=1S/C14H12N4O2/c15-5-10-3-11(16)14(18-7-10)17-6-9-1-2-12-13(4-9)20-8-19-12/h1-4,7H,6,8,16H2,(H,17,18). The van der Waals surface area contributed by atoms with Crippen LogP contribution in [-0.4, -0.2) is 11.8 Å². The van der Waals surface area contributed by atoms with E-state index in [9.17, 15) is 0 Å². The molecule has 0 radical (unpaired) electrons. The first-order valence-corrected chi connectivity index (χ1v) is 6.04. The van der Waals surface area contributed by atoms with E-state index in [1.807, 2.05) is 24.3 Å². The maximum absolute atomic E-state index is 8.76. The van der Waals surface area contributed by atoms with Crippen molar-refractivity contribution in [3.8, 4) is 17.6 Å². The van der Waals surface area contributed by atoms with Gasteiger partial charge in [-0.2, -0.15) is 5.26 Å². The molecule has 2 heterocycles. The number of pyridine rings is 1. The third-order valence-corrected chi connectivity index (χ3v) is 2.94. The summed E-state index contributed by atoms with van der Waals surface area (Å²) in [5, 5.41) is 11.9. The molecule has 0 amide bonds. The Bertz CT molecular complexity index is 694. The van der Waals surface area contributed by atoms with Gasteiger partial charge in [0.15, 0.2) is 11.5 Å². The van der Waals surface area contributed by atoms with Gasteiger partial charge in [0, 0.05) is 12.7 Å². The van der Waals surface area contributed by atoms with E-state index in [2.05, 4.69) is 10.3 Å². The molecule has 0 saturated carbocycles. The van der Waals surface area contributed by atoms with Crippen molar-refractivity contribution in [1.82, 2.24) is 4.98 Å². The molecule has 3 rings (SSSR count). The highest BCUT2D eigenvalue weighted by molar-refractivity contribution is 5.63. The van der Waals surface area contributed by atoms with Gasteiger partial charge in [-0.25, -0.2) is 4.98 Å². The van der Waals surface area contributed by atoms with Gasteiger partial charge in [0.25, 0.3) is 0 Å². The molecule has 0 aliphatic carbocycles. The SMILES string of the molecule is N#Cc1cnc(NCc2ccc3c(c2)OCO3)c(N)c1. The Morgan fingerprint density at radius 1 is 1.30 bits per heavy atom. The first-order valence-electron chi connectivity index (χ1n) is 6.04. The van der Waals surface area contributed by atoms with Crippen LogP contribution in [0.5, 0.6) is 11.5 Å². The smallest absolute Gasteiger partial charge is 0.231 e. The maximum Gasteiger partial charge on any atom is 0.231 e. The number of nitrogens with one attached hydrogen (secondary N) is 1. The topological polar surface area (TPSA) is 93.2 Å². The molecule has 0 unspecified atom stereocenters. The number of rotatable bonds is 3. The van der Waals surface area contributed by atoms with Crippen molar-refractivity contribution in [2.75, 3.05) is 17.8 Å². The Morgan fingerprint density at radius 2 is 2.15 bits per heavy atom. The largest absolute Gasteiger partial charge is 0.454 e. The highest BCUT2D eigenvalue weighted by Gasteiger charge is 2.13. The van der Waals surface area contributed by atoms with Crippen LogP contribution in [0.25, 0.3) is 0 Å². The Balaban J connectivity index is 1.72. The number of nitrogen functional groups attached to an aromatic ring is 1. The van der Waals surface area contributed by atoms with Crippen LogP contribution in [0.2, 0.25) is 0 Å². The number of nitrogens with zero attached hydrogens (tertiary/aromatic N) is 2. The molecule has 2 aromatic rings. The first kappa shape index (κ1) is 12.1. The summed E-state index contributed by atoms with van der Waals surface area (Å²) in [6.07, 6.45) is 1.48. The van der Waals surface area contributed by atoms with E-state index in [-0.39, 0.29) is 6.79 Å².